The van der Waals surface area contributed by atoms with Gasteiger partial charge in [-0.05, 0) is 42.9 Å². The zero-order chi connectivity index (χ0) is 17.3. The number of rotatable bonds is 5. The number of benzene rings is 1. The number of amides is 1. The van der Waals surface area contributed by atoms with Crippen LogP contribution < -0.4 is 10.5 Å². The first-order valence-corrected chi connectivity index (χ1v) is 8.39. The third-order valence-electron chi connectivity index (χ3n) is 5.30. The number of nitrogens with zero attached hydrogens (tertiary/aromatic N) is 1. The molecule has 1 aromatic rings. The Balaban J connectivity index is 0.00000225. The molecule has 138 valence electrons. The van der Waals surface area contributed by atoms with E-state index in [-0.39, 0.29) is 54.3 Å². The number of hydrogen-bond acceptors (Lipinski definition) is 4. The Morgan fingerprint density at radius 3 is 2.68 bits per heavy atom. The summed E-state index contributed by atoms with van der Waals surface area (Å²) < 4.78 is 18.5. The van der Waals surface area contributed by atoms with Gasteiger partial charge >= 0.3 is 0 Å². The first kappa shape index (κ1) is 19.7. The van der Waals surface area contributed by atoms with Gasteiger partial charge in [0.1, 0.15) is 0 Å². The third kappa shape index (κ3) is 4.12. The van der Waals surface area contributed by atoms with Crippen molar-refractivity contribution in [3.8, 4) is 5.75 Å². The quantitative estimate of drug-likeness (QED) is 0.808. The van der Waals surface area contributed by atoms with Gasteiger partial charge in [0.2, 0.25) is 5.91 Å². The summed E-state index contributed by atoms with van der Waals surface area (Å²) in [4.78, 5) is 26.3. The van der Waals surface area contributed by atoms with Crippen LogP contribution in [0, 0.1) is 17.7 Å². The predicted molar refractivity (Wildman–Crippen MR) is 94.5 cm³/mol. The molecule has 1 heterocycles. The van der Waals surface area contributed by atoms with Crippen molar-refractivity contribution < 1.29 is 18.7 Å². The Morgan fingerprint density at radius 1 is 1.28 bits per heavy atom. The number of ketones is 1. The zero-order valence-electron chi connectivity index (χ0n) is 14.2. The molecule has 0 bridgehead atoms. The van der Waals surface area contributed by atoms with Gasteiger partial charge in [0.15, 0.2) is 17.3 Å². The Morgan fingerprint density at radius 2 is 2.04 bits per heavy atom. The number of Topliss-reactive ketones (excluding diaryl/α,β-unsaturated/α-hetero) is 1. The summed E-state index contributed by atoms with van der Waals surface area (Å²) in [6.07, 6.45) is 2.36. The normalized spacial score (nSPS) is 24.6. The highest BCUT2D eigenvalue weighted by molar-refractivity contribution is 5.98. The van der Waals surface area contributed by atoms with Crippen molar-refractivity contribution in [1.82, 2.24) is 4.90 Å². The molecule has 1 saturated heterocycles. The molecule has 1 aliphatic carbocycles. The second-order valence-corrected chi connectivity index (χ2v) is 6.74. The van der Waals surface area contributed by atoms with Gasteiger partial charge in [-0.3, -0.25) is 9.59 Å². The van der Waals surface area contributed by atoms with Crippen LogP contribution in [0.15, 0.2) is 18.2 Å². The fourth-order valence-corrected chi connectivity index (χ4v) is 3.87. The summed E-state index contributed by atoms with van der Waals surface area (Å²) in [5, 5.41) is 0. The molecule has 1 saturated carbocycles. The van der Waals surface area contributed by atoms with Gasteiger partial charge in [0.25, 0.3) is 0 Å². The highest BCUT2D eigenvalue weighted by atomic mass is 35.5. The summed E-state index contributed by atoms with van der Waals surface area (Å²) in [7, 11) is 1.37. The Bertz CT molecular complexity index is 655. The maximum Gasteiger partial charge on any atom is 0.223 e. The Kier molecular flexibility index (Phi) is 6.41. The maximum atomic E-state index is 13.7. The number of carbonyl (C=O) groups is 2. The van der Waals surface area contributed by atoms with E-state index in [0.717, 1.165) is 25.5 Å². The van der Waals surface area contributed by atoms with Crippen molar-refractivity contribution in [3.63, 3.8) is 0 Å². The van der Waals surface area contributed by atoms with Gasteiger partial charge in [-0.15, -0.1) is 12.4 Å². The van der Waals surface area contributed by atoms with Crippen LogP contribution in [0.2, 0.25) is 0 Å². The monoisotopic (exact) mass is 370 g/mol. The number of ether oxygens (including phenoxy) is 1. The number of fused-ring (bicyclic) bond motifs is 1. The summed E-state index contributed by atoms with van der Waals surface area (Å²) in [6.45, 7) is 1.46. The molecule has 2 aliphatic rings. The van der Waals surface area contributed by atoms with E-state index in [0.29, 0.717) is 18.4 Å². The van der Waals surface area contributed by atoms with E-state index in [9.17, 15) is 14.0 Å². The minimum Gasteiger partial charge on any atom is -0.494 e. The van der Waals surface area contributed by atoms with E-state index in [1.54, 1.807) is 0 Å². The highest BCUT2D eigenvalue weighted by Crippen LogP contribution is 2.37. The fraction of sp³-hybridized carbons (Fsp3) is 0.556. The van der Waals surface area contributed by atoms with Crippen molar-refractivity contribution in [3.05, 3.63) is 29.6 Å². The molecule has 3 atom stereocenters. The summed E-state index contributed by atoms with van der Waals surface area (Å²) in [6, 6.07) is 4.29. The molecular formula is C18H24ClFN2O3. The number of carbonyl (C=O) groups excluding carboxylic acids is 2. The first-order chi connectivity index (χ1) is 11.5. The lowest BCUT2D eigenvalue weighted by Gasteiger charge is -2.18. The third-order valence-corrected chi connectivity index (χ3v) is 5.30. The molecule has 1 aliphatic heterocycles. The highest BCUT2D eigenvalue weighted by Gasteiger charge is 2.42. The fourth-order valence-electron chi connectivity index (χ4n) is 3.87. The standard InChI is InChI=1S/C18H23FN2O3.ClH/c1-24-17-6-3-11(8-14(17)19)16(22)5-7-18(23)21-9-12-2-4-15(20)13(12)10-21;/h3,6,8,12-13,15H,2,4-5,7,9-10,20H2,1H3;1H. The van der Waals surface area contributed by atoms with E-state index in [1.165, 1.54) is 19.2 Å². The first-order valence-electron chi connectivity index (χ1n) is 8.39. The summed E-state index contributed by atoms with van der Waals surface area (Å²) >= 11 is 0. The molecule has 0 aromatic heterocycles. The number of likely N-dealkylation sites (tertiary alicyclic amines) is 1. The minimum atomic E-state index is -0.573. The van der Waals surface area contributed by atoms with E-state index >= 15 is 0 Å². The molecule has 7 heteroatoms. The SMILES string of the molecule is COc1ccc(C(=O)CCC(=O)N2CC3CCC(N)C3C2)cc1F.Cl. The molecule has 1 aromatic carbocycles. The van der Waals surface area contributed by atoms with Gasteiger partial charge in [-0.2, -0.15) is 0 Å². The van der Waals surface area contributed by atoms with Crippen LogP contribution >= 0.6 is 12.4 Å². The van der Waals surface area contributed by atoms with E-state index in [4.69, 9.17) is 10.5 Å². The Labute approximate surface area is 153 Å². The number of hydrogen-bond donors (Lipinski definition) is 1. The molecule has 3 unspecified atom stereocenters. The van der Waals surface area contributed by atoms with E-state index in [1.807, 2.05) is 4.90 Å². The average molecular weight is 371 g/mol. The van der Waals surface area contributed by atoms with Crippen LogP contribution in [-0.2, 0) is 4.79 Å². The van der Waals surface area contributed by atoms with Crippen LogP contribution in [0.1, 0.15) is 36.0 Å². The van der Waals surface area contributed by atoms with E-state index in [2.05, 4.69) is 0 Å². The molecule has 1 amide bonds. The van der Waals surface area contributed by atoms with Gasteiger partial charge in [0.05, 0.1) is 7.11 Å². The average Bonchev–Trinajstić information content (AvgIpc) is 3.14. The molecule has 5 nitrogen and oxygen atoms in total. The van der Waals surface area contributed by atoms with Crippen LogP contribution in [0.5, 0.6) is 5.75 Å². The summed E-state index contributed by atoms with van der Waals surface area (Å²) in [5.74, 6) is 0.189. The molecule has 0 radical (unpaired) electrons. The van der Waals surface area contributed by atoms with Crippen LogP contribution in [0.25, 0.3) is 0 Å². The van der Waals surface area contributed by atoms with Crippen LogP contribution in [0.4, 0.5) is 4.39 Å². The van der Waals surface area contributed by atoms with Crippen molar-refractivity contribution in [1.29, 1.82) is 0 Å². The molecule has 2 fully saturated rings. The Hall–Kier alpha value is -1.66. The van der Waals surface area contributed by atoms with Crippen molar-refractivity contribution >= 4 is 24.1 Å². The predicted octanol–water partition coefficient (Wildman–Crippen LogP) is 2.41. The zero-order valence-corrected chi connectivity index (χ0v) is 15.1. The summed E-state index contributed by atoms with van der Waals surface area (Å²) in [5.41, 5.74) is 6.35. The second-order valence-electron chi connectivity index (χ2n) is 6.74. The van der Waals surface area contributed by atoms with Crippen LogP contribution in [-0.4, -0.2) is 42.8 Å². The molecule has 25 heavy (non-hydrogen) atoms. The molecule has 3 rings (SSSR count). The van der Waals surface area contributed by atoms with E-state index < -0.39 is 5.82 Å². The molecule has 0 spiro atoms. The van der Waals surface area contributed by atoms with Crippen LogP contribution in [0.3, 0.4) is 0 Å². The number of methoxy groups -OCH3 is 1. The van der Waals surface area contributed by atoms with Crippen molar-refractivity contribution in [2.24, 2.45) is 17.6 Å². The number of halogens is 2. The van der Waals surface area contributed by atoms with Gasteiger partial charge < -0.3 is 15.4 Å². The lowest BCUT2D eigenvalue weighted by molar-refractivity contribution is -0.130. The minimum absolute atomic E-state index is 0. The molecule has 2 N–H and O–H groups in total. The smallest absolute Gasteiger partial charge is 0.223 e. The topological polar surface area (TPSA) is 72.6 Å². The largest absolute Gasteiger partial charge is 0.494 e. The lowest BCUT2D eigenvalue weighted by atomic mass is 9.98. The van der Waals surface area contributed by atoms with Gasteiger partial charge in [-0.25, -0.2) is 4.39 Å². The van der Waals surface area contributed by atoms with Gasteiger partial charge in [-0.1, -0.05) is 0 Å². The maximum absolute atomic E-state index is 13.7. The van der Waals surface area contributed by atoms with Crippen molar-refractivity contribution in [2.45, 2.75) is 31.7 Å². The lowest BCUT2D eigenvalue weighted by Crippen LogP contribution is -2.33. The number of nitrogens with two attached hydrogens (primary N) is 1. The second kappa shape index (κ2) is 8.15. The van der Waals surface area contributed by atoms with Crippen molar-refractivity contribution in [2.75, 3.05) is 20.2 Å². The van der Waals surface area contributed by atoms with Gasteiger partial charge in [0, 0.05) is 37.5 Å². The molecular weight excluding hydrogens is 347 g/mol.